The van der Waals surface area contributed by atoms with Gasteiger partial charge in [0.1, 0.15) is 0 Å². The van der Waals surface area contributed by atoms with Gasteiger partial charge in [0, 0.05) is 18.8 Å². The van der Waals surface area contributed by atoms with Gasteiger partial charge in [-0.25, -0.2) is 0 Å². The van der Waals surface area contributed by atoms with Crippen LogP contribution < -0.4 is 0 Å². The van der Waals surface area contributed by atoms with Gasteiger partial charge in [0.2, 0.25) is 0 Å². The van der Waals surface area contributed by atoms with E-state index in [1.165, 1.54) is 0 Å². The van der Waals surface area contributed by atoms with Gasteiger partial charge >= 0.3 is 5.97 Å². The molecule has 0 atom stereocenters. The maximum atomic E-state index is 10.7. The molecule has 0 bridgehead atoms. The molecule has 2 heterocycles. The zero-order chi connectivity index (χ0) is 9.97. The number of hydrogen-bond acceptors (Lipinski definition) is 4. The molecule has 2 aliphatic heterocycles. The predicted octanol–water partition coefficient (Wildman–Crippen LogP) is 0.886. The van der Waals surface area contributed by atoms with Gasteiger partial charge in [-0.15, -0.1) is 0 Å². The molecule has 0 radical (unpaired) electrons. The van der Waals surface area contributed by atoms with Gasteiger partial charge in [0.15, 0.2) is 5.17 Å². The fourth-order valence-corrected chi connectivity index (χ4v) is 2.75. The topological polar surface area (TPSA) is 52.9 Å². The van der Waals surface area contributed by atoms with Crippen LogP contribution in [0.15, 0.2) is 4.99 Å². The van der Waals surface area contributed by atoms with Gasteiger partial charge in [-0.05, 0) is 12.8 Å². The summed E-state index contributed by atoms with van der Waals surface area (Å²) in [6.07, 6.45) is 1.52. The lowest BCUT2D eigenvalue weighted by molar-refractivity contribution is -0.142. The third kappa shape index (κ3) is 2.03. The molecule has 2 rings (SSSR count). The Balaban J connectivity index is 1.86. The Labute approximate surface area is 87.4 Å². The zero-order valence-corrected chi connectivity index (χ0v) is 8.79. The lowest BCUT2D eigenvalue weighted by Gasteiger charge is -2.30. The van der Waals surface area contributed by atoms with E-state index in [9.17, 15) is 4.79 Å². The van der Waals surface area contributed by atoms with E-state index in [4.69, 9.17) is 5.11 Å². The molecular formula is C9H14N2O2S. The first-order chi connectivity index (χ1) is 6.77. The van der Waals surface area contributed by atoms with E-state index in [0.29, 0.717) is 0 Å². The molecule has 1 fully saturated rings. The van der Waals surface area contributed by atoms with Crippen molar-refractivity contribution >= 4 is 22.9 Å². The summed E-state index contributed by atoms with van der Waals surface area (Å²) in [5.74, 6) is 0.290. The lowest BCUT2D eigenvalue weighted by atomic mass is 9.98. The van der Waals surface area contributed by atoms with Crippen molar-refractivity contribution in [3.63, 3.8) is 0 Å². The minimum absolute atomic E-state index is 0.141. The SMILES string of the molecule is O=C(O)C1CCN(C2=NCCS2)CC1. The zero-order valence-electron chi connectivity index (χ0n) is 7.98. The third-order valence-electron chi connectivity index (χ3n) is 2.68. The first-order valence-corrected chi connectivity index (χ1v) is 5.91. The molecule has 0 spiro atoms. The standard InChI is InChI=1S/C9H14N2O2S/c12-8(13)7-1-4-11(5-2-7)9-10-3-6-14-9/h7H,1-6H2,(H,12,13). The number of carboxylic acid groups (broad SMARTS) is 1. The third-order valence-corrected chi connectivity index (χ3v) is 3.72. The van der Waals surface area contributed by atoms with Gasteiger partial charge < -0.3 is 10.0 Å². The summed E-state index contributed by atoms with van der Waals surface area (Å²) in [4.78, 5) is 17.3. The van der Waals surface area contributed by atoms with Crippen LogP contribution in [0.5, 0.6) is 0 Å². The summed E-state index contributed by atoms with van der Waals surface area (Å²) in [5.41, 5.74) is 0. The van der Waals surface area contributed by atoms with Crippen LogP contribution in [-0.4, -0.2) is 46.5 Å². The van der Waals surface area contributed by atoms with Crippen molar-refractivity contribution in [1.29, 1.82) is 0 Å². The number of amidine groups is 1. The van der Waals surface area contributed by atoms with Gasteiger partial charge in [0.05, 0.1) is 12.5 Å². The smallest absolute Gasteiger partial charge is 0.306 e. The largest absolute Gasteiger partial charge is 0.481 e. The van der Waals surface area contributed by atoms with E-state index < -0.39 is 5.97 Å². The van der Waals surface area contributed by atoms with Crippen molar-refractivity contribution in [2.45, 2.75) is 12.8 Å². The number of rotatable bonds is 1. The van der Waals surface area contributed by atoms with E-state index in [2.05, 4.69) is 9.89 Å². The van der Waals surface area contributed by atoms with E-state index in [1.54, 1.807) is 11.8 Å². The Kier molecular flexibility index (Phi) is 2.96. The molecule has 78 valence electrons. The number of piperidine rings is 1. The maximum absolute atomic E-state index is 10.7. The Morgan fingerprint density at radius 1 is 1.50 bits per heavy atom. The summed E-state index contributed by atoms with van der Waals surface area (Å²) >= 11 is 1.79. The number of nitrogens with zero attached hydrogens (tertiary/aromatic N) is 2. The maximum Gasteiger partial charge on any atom is 0.306 e. The van der Waals surface area contributed by atoms with Crippen molar-refractivity contribution in [2.24, 2.45) is 10.9 Å². The number of carbonyl (C=O) groups is 1. The predicted molar refractivity (Wildman–Crippen MR) is 56.7 cm³/mol. The molecule has 2 aliphatic rings. The number of aliphatic carboxylic acids is 1. The van der Waals surface area contributed by atoms with E-state index in [1.807, 2.05) is 0 Å². The second-order valence-corrected chi connectivity index (χ2v) is 4.67. The molecule has 0 amide bonds. The van der Waals surface area contributed by atoms with Gasteiger partial charge in [0.25, 0.3) is 0 Å². The quantitative estimate of drug-likeness (QED) is 0.704. The van der Waals surface area contributed by atoms with Crippen molar-refractivity contribution in [3.8, 4) is 0 Å². The summed E-state index contributed by atoms with van der Waals surface area (Å²) in [5, 5.41) is 9.96. The second kappa shape index (κ2) is 4.21. The number of hydrogen-bond donors (Lipinski definition) is 1. The minimum atomic E-state index is -0.648. The number of likely N-dealkylation sites (tertiary alicyclic amines) is 1. The number of aliphatic imine (C=N–C) groups is 1. The van der Waals surface area contributed by atoms with E-state index in [-0.39, 0.29) is 5.92 Å². The van der Waals surface area contributed by atoms with Crippen LogP contribution in [-0.2, 0) is 4.79 Å². The summed E-state index contributed by atoms with van der Waals surface area (Å²) in [6.45, 7) is 2.62. The van der Waals surface area contributed by atoms with Crippen LogP contribution in [0.2, 0.25) is 0 Å². The highest BCUT2D eigenvalue weighted by molar-refractivity contribution is 8.14. The van der Waals surface area contributed by atoms with Gasteiger partial charge in [-0.3, -0.25) is 9.79 Å². The van der Waals surface area contributed by atoms with Crippen molar-refractivity contribution in [3.05, 3.63) is 0 Å². The molecule has 0 aromatic carbocycles. The van der Waals surface area contributed by atoms with Crippen LogP contribution in [0.4, 0.5) is 0 Å². The van der Waals surface area contributed by atoms with Crippen molar-refractivity contribution < 1.29 is 9.90 Å². The molecular weight excluding hydrogens is 200 g/mol. The van der Waals surface area contributed by atoms with Gasteiger partial charge in [-0.2, -0.15) is 0 Å². The Morgan fingerprint density at radius 2 is 2.21 bits per heavy atom. The number of carboxylic acids is 1. The van der Waals surface area contributed by atoms with Crippen LogP contribution in [0.1, 0.15) is 12.8 Å². The molecule has 0 aliphatic carbocycles. The lowest BCUT2D eigenvalue weighted by Crippen LogP contribution is -2.38. The fraction of sp³-hybridized carbons (Fsp3) is 0.778. The molecule has 1 N–H and O–H groups in total. The second-order valence-electron chi connectivity index (χ2n) is 3.61. The highest BCUT2D eigenvalue weighted by atomic mass is 32.2. The fourth-order valence-electron chi connectivity index (χ4n) is 1.83. The Morgan fingerprint density at radius 3 is 2.71 bits per heavy atom. The van der Waals surface area contributed by atoms with Crippen LogP contribution in [0.25, 0.3) is 0 Å². The van der Waals surface area contributed by atoms with E-state index >= 15 is 0 Å². The Hall–Kier alpha value is -0.710. The average molecular weight is 214 g/mol. The summed E-state index contributed by atoms with van der Waals surface area (Å²) in [6, 6.07) is 0. The van der Waals surface area contributed by atoms with Crippen molar-refractivity contribution in [1.82, 2.24) is 4.90 Å². The molecule has 0 saturated carbocycles. The van der Waals surface area contributed by atoms with Crippen LogP contribution in [0.3, 0.4) is 0 Å². The minimum Gasteiger partial charge on any atom is -0.481 e. The molecule has 0 unspecified atom stereocenters. The highest BCUT2D eigenvalue weighted by Crippen LogP contribution is 2.22. The molecule has 14 heavy (non-hydrogen) atoms. The summed E-state index contributed by atoms with van der Waals surface area (Å²) < 4.78 is 0. The monoisotopic (exact) mass is 214 g/mol. The Bertz CT molecular complexity index is 260. The molecule has 4 nitrogen and oxygen atoms in total. The highest BCUT2D eigenvalue weighted by Gasteiger charge is 2.26. The number of thioether (sulfide) groups is 1. The van der Waals surface area contributed by atoms with Crippen molar-refractivity contribution in [2.75, 3.05) is 25.4 Å². The first-order valence-electron chi connectivity index (χ1n) is 4.92. The van der Waals surface area contributed by atoms with E-state index in [0.717, 1.165) is 43.4 Å². The van der Waals surface area contributed by atoms with Gasteiger partial charge in [-0.1, -0.05) is 11.8 Å². The normalized spacial score (nSPS) is 23.7. The average Bonchev–Trinajstić information content (AvgIpc) is 2.71. The first kappa shape index (κ1) is 9.83. The molecule has 5 heteroatoms. The summed E-state index contributed by atoms with van der Waals surface area (Å²) in [7, 11) is 0. The van der Waals surface area contributed by atoms with Crippen LogP contribution >= 0.6 is 11.8 Å². The molecule has 0 aromatic rings. The molecule has 0 aromatic heterocycles. The molecule has 1 saturated heterocycles. The van der Waals surface area contributed by atoms with Crippen LogP contribution in [0, 0.1) is 5.92 Å².